The Labute approximate surface area is 170 Å². The van der Waals surface area contributed by atoms with Gasteiger partial charge in [0.15, 0.2) is 11.6 Å². The number of hydrogen-bond acceptors (Lipinski definition) is 2. The van der Waals surface area contributed by atoms with Gasteiger partial charge < -0.3 is 10.6 Å². The van der Waals surface area contributed by atoms with Crippen molar-refractivity contribution in [3.8, 4) is 11.3 Å². The van der Waals surface area contributed by atoms with E-state index in [1.807, 2.05) is 0 Å². The van der Waals surface area contributed by atoms with Crippen LogP contribution in [0.4, 0.5) is 19.0 Å². The number of anilines is 1. The molecule has 4 rings (SSSR count). The molecule has 0 unspecified atom stereocenters. The summed E-state index contributed by atoms with van der Waals surface area (Å²) in [4.78, 5) is 16.4. The van der Waals surface area contributed by atoms with Gasteiger partial charge in [-0.1, -0.05) is 0 Å². The minimum absolute atomic E-state index is 0.0692. The molecular weight excluding hydrogens is 395 g/mol. The maximum Gasteiger partial charge on any atom is 0.280 e. The van der Waals surface area contributed by atoms with Crippen LogP contribution in [0.15, 0.2) is 53.5 Å². The lowest BCUT2D eigenvalue weighted by Crippen LogP contribution is -2.43. The zero-order valence-corrected chi connectivity index (χ0v) is 15.8. The molecule has 0 bridgehead atoms. The SMILES string of the molecule is O=C(/N=C(\Nc1cc(-c2ccc(F)cc2)n[nH]1)NC1CCC1)c1ccc(F)c(F)c1. The van der Waals surface area contributed by atoms with Gasteiger partial charge in [-0.05, 0) is 61.7 Å². The highest BCUT2D eigenvalue weighted by Crippen LogP contribution is 2.21. The predicted octanol–water partition coefficient (Wildman–Crippen LogP) is 4.24. The van der Waals surface area contributed by atoms with Gasteiger partial charge in [-0.25, -0.2) is 13.2 Å². The van der Waals surface area contributed by atoms with E-state index in [1.54, 1.807) is 18.2 Å². The summed E-state index contributed by atoms with van der Waals surface area (Å²) in [6.45, 7) is 0. The number of carbonyl (C=O) groups is 1. The molecule has 0 spiro atoms. The number of hydrogen-bond donors (Lipinski definition) is 3. The fourth-order valence-corrected chi connectivity index (χ4v) is 2.92. The van der Waals surface area contributed by atoms with Crippen LogP contribution in [0.1, 0.15) is 29.6 Å². The van der Waals surface area contributed by atoms with E-state index >= 15 is 0 Å². The van der Waals surface area contributed by atoms with Crippen LogP contribution in [0.3, 0.4) is 0 Å². The van der Waals surface area contributed by atoms with Gasteiger partial charge >= 0.3 is 0 Å². The van der Waals surface area contributed by atoms with Crippen LogP contribution in [0.5, 0.6) is 0 Å². The van der Waals surface area contributed by atoms with Crippen molar-refractivity contribution in [2.45, 2.75) is 25.3 Å². The minimum Gasteiger partial charge on any atom is -0.353 e. The summed E-state index contributed by atoms with van der Waals surface area (Å²) >= 11 is 0. The maximum absolute atomic E-state index is 13.4. The predicted molar refractivity (Wildman–Crippen MR) is 107 cm³/mol. The average molecular weight is 413 g/mol. The Morgan fingerprint density at radius 2 is 1.80 bits per heavy atom. The second-order valence-corrected chi connectivity index (χ2v) is 6.97. The Hall–Kier alpha value is -3.62. The second kappa shape index (κ2) is 8.40. The Morgan fingerprint density at radius 3 is 2.47 bits per heavy atom. The molecule has 0 aliphatic heterocycles. The number of aromatic amines is 1. The topological polar surface area (TPSA) is 82.2 Å². The van der Waals surface area contributed by atoms with E-state index in [1.165, 1.54) is 18.2 Å². The van der Waals surface area contributed by atoms with E-state index < -0.39 is 17.5 Å². The summed E-state index contributed by atoms with van der Waals surface area (Å²) in [6, 6.07) is 10.6. The molecule has 1 aromatic heterocycles. The van der Waals surface area contributed by atoms with Crippen LogP contribution in [0.2, 0.25) is 0 Å². The molecular formula is C21H18F3N5O. The zero-order chi connectivity index (χ0) is 21.1. The molecule has 2 aromatic carbocycles. The zero-order valence-electron chi connectivity index (χ0n) is 15.8. The fraction of sp³-hybridized carbons (Fsp3) is 0.190. The quantitative estimate of drug-likeness (QED) is 0.441. The van der Waals surface area contributed by atoms with Crippen LogP contribution < -0.4 is 10.6 Å². The molecule has 0 saturated heterocycles. The van der Waals surface area contributed by atoms with E-state index in [0.717, 1.165) is 31.4 Å². The summed E-state index contributed by atoms with van der Waals surface area (Å²) in [7, 11) is 0. The lowest BCUT2D eigenvalue weighted by atomic mass is 9.93. The third-order valence-electron chi connectivity index (χ3n) is 4.80. The highest BCUT2D eigenvalue weighted by molar-refractivity contribution is 6.06. The first kappa shape index (κ1) is 19.7. The number of rotatable bonds is 4. The highest BCUT2D eigenvalue weighted by atomic mass is 19.2. The average Bonchev–Trinajstić information content (AvgIpc) is 3.15. The van der Waals surface area contributed by atoms with Crippen LogP contribution in [0, 0.1) is 17.5 Å². The number of carbonyl (C=O) groups excluding carboxylic acids is 1. The molecule has 3 aromatic rings. The summed E-state index contributed by atoms with van der Waals surface area (Å²) in [5.41, 5.74) is 1.22. The van der Waals surface area contributed by atoms with Crippen molar-refractivity contribution in [1.29, 1.82) is 0 Å². The largest absolute Gasteiger partial charge is 0.353 e. The molecule has 0 radical (unpaired) electrons. The van der Waals surface area contributed by atoms with E-state index in [9.17, 15) is 18.0 Å². The van der Waals surface area contributed by atoms with Gasteiger partial charge in [-0.2, -0.15) is 10.1 Å². The Kier molecular flexibility index (Phi) is 5.51. The standard InChI is InChI=1S/C21H18F3N5O/c22-14-7-4-12(5-8-14)18-11-19(29-28-18)26-21(25-15-2-1-3-15)27-20(30)13-6-9-16(23)17(24)10-13/h4-11,15H,1-3H2,(H3,25,26,27,28,29,30). The van der Waals surface area contributed by atoms with Gasteiger partial charge in [-0.3, -0.25) is 9.89 Å². The molecule has 0 atom stereocenters. The second-order valence-electron chi connectivity index (χ2n) is 6.97. The molecule has 1 saturated carbocycles. The number of benzene rings is 2. The van der Waals surface area contributed by atoms with E-state index in [4.69, 9.17) is 0 Å². The lowest BCUT2D eigenvalue weighted by Gasteiger charge is -2.28. The molecule has 6 nitrogen and oxygen atoms in total. The summed E-state index contributed by atoms with van der Waals surface area (Å²) in [6.07, 6.45) is 2.94. The highest BCUT2D eigenvalue weighted by Gasteiger charge is 2.20. The van der Waals surface area contributed by atoms with Crippen molar-refractivity contribution in [1.82, 2.24) is 15.5 Å². The van der Waals surface area contributed by atoms with Crippen LogP contribution in [0.25, 0.3) is 11.3 Å². The van der Waals surface area contributed by atoms with Gasteiger partial charge in [0.1, 0.15) is 11.6 Å². The number of H-pyrrole nitrogens is 1. The van der Waals surface area contributed by atoms with Gasteiger partial charge in [-0.15, -0.1) is 0 Å². The number of aliphatic imine (C=N–C) groups is 1. The van der Waals surface area contributed by atoms with E-state index in [0.29, 0.717) is 17.1 Å². The van der Waals surface area contributed by atoms with Crippen LogP contribution >= 0.6 is 0 Å². The first-order valence-electron chi connectivity index (χ1n) is 9.41. The third kappa shape index (κ3) is 4.51. The maximum atomic E-state index is 13.4. The number of guanidine groups is 1. The van der Waals surface area contributed by atoms with Gasteiger partial charge in [0.25, 0.3) is 5.91 Å². The molecule has 1 heterocycles. The molecule has 1 amide bonds. The van der Waals surface area contributed by atoms with Crippen molar-refractivity contribution < 1.29 is 18.0 Å². The van der Waals surface area contributed by atoms with Crippen molar-refractivity contribution in [3.63, 3.8) is 0 Å². The number of halogens is 3. The van der Waals surface area contributed by atoms with Gasteiger partial charge in [0, 0.05) is 23.2 Å². The normalized spacial score (nSPS) is 14.3. The number of nitrogens with one attached hydrogen (secondary N) is 3. The van der Waals surface area contributed by atoms with Crippen molar-refractivity contribution in [2.24, 2.45) is 4.99 Å². The van der Waals surface area contributed by atoms with Crippen LogP contribution in [-0.2, 0) is 0 Å². The van der Waals surface area contributed by atoms with E-state index in [-0.39, 0.29) is 23.4 Å². The Balaban J connectivity index is 1.55. The molecule has 30 heavy (non-hydrogen) atoms. The summed E-state index contributed by atoms with van der Waals surface area (Å²) in [5, 5.41) is 13.1. The molecule has 3 N–H and O–H groups in total. The smallest absolute Gasteiger partial charge is 0.280 e. The van der Waals surface area contributed by atoms with Crippen molar-refractivity contribution in [2.75, 3.05) is 5.32 Å². The summed E-state index contributed by atoms with van der Waals surface area (Å²) < 4.78 is 39.7. The Bertz CT molecular complexity index is 1090. The van der Waals surface area contributed by atoms with Gasteiger partial charge in [0.2, 0.25) is 5.96 Å². The van der Waals surface area contributed by atoms with Crippen LogP contribution in [-0.4, -0.2) is 28.1 Å². The minimum atomic E-state index is -1.12. The fourth-order valence-electron chi connectivity index (χ4n) is 2.92. The monoisotopic (exact) mass is 413 g/mol. The first-order valence-corrected chi connectivity index (χ1v) is 9.41. The van der Waals surface area contributed by atoms with Crippen molar-refractivity contribution in [3.05, 3.63) is 71.5 Å². The lowest BCUT2D eigenvalue weighted by molar-refractivity contribution is 0.100. The molecule has 1 aliphatic carbocycles. The number of aromatic nitrogens is 2. The molecule has 1 aliphatic rings. The third-order valence-corrected chi connectivity index (χ3v) is 4.80. The number of nitrogens with zero attached hydrogens (tertiary/aromatic N) is 2. The van der Waals surface area contributed by atoms with E-state index in [2.05, 4.69) is 25.8 Å². The van der Waals surface area contributed by atoms with Crippen molar-refractivity contribution >= 4 is 17.7 Å². The molecule has 154 valence electrons. The molecule has 9 heteroatoms. The molecule has 1 fully saturated rings. The number of amides is 1. The first-order chi connectivity index (χ1) is 14.5. The van der Waals surface area contributed by atoms with Gasteiger partial charge in [0.05, 0.1) is 5.69 Å². The summed E-state index contributed by atoms with van der Waals surface area (Å²) in [5.74, 6) is -2.59. The Morgan fingerprint density at radius 1 is 1.03 bits per heavy atom.